The van der Waals surface area contributed by atoms with Gasteiger partial charge in [0.2, 0.25) is 0 Å². The van der Waals surface area contributed by atoms with Crippen LogP contribution in [0.3, 0.4) is 0 Å². The van der Waals surface area contributed by atoms with Crippen molar-refractivity contribution in [2.45, 2.75) is 6.92 Å². The number of esters is 1. The van der Waals surface area contributed by atoms with E-state index in [0.29, 0.717) is 28.4 Å². The van der Waals surface area contributed by atoms with Crippen LogP contribution in [0.5, 0.6) is 17.2 Å². The summed E-state index contributed by atoms with van der Waals surface area (Å²) in [6.07, 6.45) is 1.45. The molecule has 0 bridgehead atoms. The minimum atomic E-state index is -0.488. The molecule has 0 atom stereocenters. The van der Waals surface area contributed by atoms with E-state index in [1.54, 1.807) is 67.8 Å². The number of hydrogen-bond acceptors (Lipinski definition) is 6. The van der Waals surface area contributed by atoms with Crippen molar-refractivity contribution in [2.24, 2.45) is 5.10 Å². The molecule has 158 valence electrons. The monoisotopic (exact) mass is 418 g/mol. The lowest BCUT2D eigenvalue weighted by Crippen LogP contribution is -2.24. The van der Waals surface area contributed by atoms with Crippen LogP contribution in [-0.4, -0.2) is 31.8 Å². The van der Waals surface area contributed by atoms with E-state index in [0.717, 1.165) is 5.56 Å². The lowest BCUT2D eigenvalue weighted by molar-refractivity contribution is -0.123. The Bertz CT molecular complexity index is 1060. The Hall–Kier alpha value is -4.13. The van der Waals surface area contributed by atoms with Crippen molar-refractivity contribution >= 4 is 18.1 Å². The average Bonchev–Trinajstić information content (AvgIpc) is 2.79. The van der Waals surface area contributed by atoms with Crippen molar-refractivity contribution in [3.8, 4) is 17.2 Å². The van der Waals surface area contributed by atoms with E-state index in [9.17, 15) is 9.59 Å². The van der Waals surface area contributed by atoms with Gasteiger partial charge in [-0.15, -0.1) is 0 Å². The molecule has 0 saturated carbocycles. The molecule has 0 spiro atoms. The van der Waals surface area contributed by atoms with Gasteiger partial charge < -0.3 is 14.2 Å². The second kappa shape index (κ2) is 10.6. The largest absolute Gasteiger partial charge is 0.497 e. The van der Waals surface area contributed by atoms with Crippen LogP contribution in [-0.2, 0) is 4.79 Å². The molecule has 7 heteroatoms. The summed E-state index contributed by atoms with van der Waals surface area (Å²) in [6.45, 7) is 1.82. The number of hydrogen-bond donors (Lipinski definition) is 1. The molecule has 3 aromatic carbocycles. The normalized spacial score (nSPS) is 10.5. The summed E-state index contributed by atoms with van der Waals surface area (Å²) in [5, 5.41) is 3.91. The molecule has 0 heterocycles. The van der Waals surface area contributed by atoms with Crippen LogP contribution in [0.25, 0.3) is 0 Å². The number of hydrazone groups is 1. The van der Waals surface area contributed by atoms with Gasteiger partial charge in [0.05, 0.1) is 18.9 Å². The zero-order chi connectivity index (χ0) is 22.1. The van der Waals surface area contributed by atoms with Gasteiger partial charge >= 0.3 is 5.97 Å². The van der Waals surface area contributed by atoms with E-state index >= 15 is 0 Å². The van der Waals surface area contributed by atoms with Crippen LogP contribution in [0.2, 0.25) is 0 Å². The smallest absolute Gasteiger partial charge is 0.343 e. The van der Waals surface area contributed by atoms with Gasteiger partial charge in [0, 0.05) is 0 Å². The van der Waals surface area contributed by atoms with Gasteiger partial charge in [0.15, 0.2) is 6.61 Å². The van der Waals surface area contributed by atoms with Gasteiger partial charge in [-0.1, -0.05) is 29.8 Å². The molecule has 0 radical (unpaired) electrons. The van der Waals surface area contributed by atoms with E-state index in [2.05, 4.69) is 10.5 Å². The molecule has 0 unspecified atom stereocenters. The van der Waals surface area contributed by atoms with Crippen molar-refractivity contribution in [2.75, 3.05) is 13.7 Å². The summed E-state index contributed by atoms with van der Waals surface area (Å²) in [6, 6.07) is 20.8. The second-order valence-electron chi connectivity index (χ2n) is 6.59. The summed E-state index contributed by atoms with van der Waals surface area (Å²) in [7, 11) is 1.56. The lowest BCUT2D eigenvalue weighted by Gasteiger charge is -2.06. The summed E-state index contributed by atoms with van der Waals surface area (Å²) in [5.41, 5.74) is 4.56. The number of carbonyl (C=O) groups excluding carboxylic acids is 2. The van der Waals surface area contributed by atoms with Crippen molar-refractivity contribution in [1.82, 2.24) is 5.43 Å². The fraction of sp³-hybridized carbons (Fsp3) is 0.125. The highest BCUT2D eigenvalue weighted by Crippen LogP contribution is 2.16. The zero-order valence-corrected chi connectivity index (χ0v) is 17.2. The summed E-state index contributed by atoms with van der Waals surface area (Å²) in [5.74, 6) is 0.744. The summed E-state index contributed by atoms with van der Waals surface area (Å²) in [4.78, 5) is 24.1. The van der Waals surface area contributed by atoms with E-state index in [-0.39, 0.29) is 12.5 Å². The number of methoxy groups -OCH3 is 1. The Labute approximate surface area is 180 Å². The maximum Gasteiger partial charge on any atom is 0.343 e. The standard InChI is InChI=1S/C24H22N2O5/c1-17-6-10-21(11-7-17)30-16-23(27)26-25-15-18-4-3-5-22(14-18)31-24(28)19-8-12-20(29-2)13-9-19/h3-15H,16H2,1-2H3,(H,26,27). The highest BCUT2D eigenvalue weighted by Gasteiger charge is 2.09. The van der Waals surface area contributed by atoms with Crippen molar-refractivity contribution in [3.05, 3.63) is 89.5 Å². The molecule has 3 aromatic rings. The molecule has 31 heavy (non-hydrogen) atoms. The first kappa shape index (κ1) is 21.6. The highest BCUT2D eigenvalue weighted by atomic mass is 16.5. The molecule has 0 aliphatic rings. The molecule has 7 nitrogen and oxygen atoms in total. The molecule has 0 aliphatic carbocycles. The van der Waals surface area contributed by atoms with Crippen molar-refractivity contribution in [1.29, 1.82) is 0 Å². The Morgan fingerprint density at radius 1 is 0.935 bits per heavy atom. The van der Waals surface area contributed by atoms with Gasteiger partial charge in [-0.3, -0.25) is 4.79 Å². The first-order valence-corrected chi connectivity index (χ1v) is 9.51. The predicted molar refractivity (Wildman–Crippen MR) is 117 cm³/mol. The minimum absolute atomic E-state index is 0.153. The maximum atomic E-state index is 12.3. The molecular weight excluding hydrogens is 396 g/mol. The molecule has 1 N–H and O–H groups in total. The third-order valence-corrected chi connectivity index (χ3v) is 4.19. The summed E-state index contributed by atoms with van der Waals surface area (Å²) < 4.78 is 15.9. The van der Waals surface area contributed by atoms with Crippen LogP contribution in [0.4, 0.5) is 0 Å². The summed E-state index contributed by atoms with van der Waals surface area (Å²) >= 11 is 0. The molecule has 0 fully saturated rings. The van der Waals surface area contributed by atoms with E-state index < -0.39 is 5.97 Å². The molecule has 3 rings (SSSR count). The van der Waals surface area contributed by atoms with Gasteiger partial charge in [0.25, 0.3) is 5.91 Å². The number of amides is 1. The maximum absolute atomic E-state index is 12.3. The highest BCUT2D eigenvalue weighted by molar-refractivity contribution is 5.91. The van der Waals surface area contributed by atoms with E-state index in [1.807, 2.05) is 19.1 Å². The van der Waals surface area contributed by atoms with Crippen LogP contribution in [0.15, 0.2) is 77.9 Å². The van der Waals surface area contributed by atoms with E-state index in [1.165, 1.54) is 6.21 Å². The van der Waals surface area contributed by atoms with Crippen LogP contribution >= 0.6 is 0 Å². The number of benzene rings is 3. The van der Waals surface area contributed by atoms with Gasteiger partial charge in [-0.05, 0) is 61.0 Å². The first-order chi connectivity index (χ1) is 15.0. The third kappa shape index (κ3) is 6.71. The van der Waals surface area contributed by atoms with Gasteiger partial charge in [-0.25, -0.2) is 10.2 Å². The Morgan fingerprint density at radius 2 is 1.65 bits per heavy atom. The van der Waals surface area contributed by atoms with Crippen LogP contribution < -0.4 is 19.6 Å². The Kier molecular flexibility index (Phi) is 7.37. The number of ether oxygens (including phenoxy) is 3. The topological polar surface area (TPSA) is 86.2 Å². The molecule has 0 aliphatic heterocycles. The molecule has 0 aromatic heterocycles. The van der Waals surface area contributed by atoms with Crippen molar-refractivity contribution < 1.29 is 23.8 Å². The second-order valence-corrected chi connectivity index (χ2v) is 6.59. The fourth-order valence-electron chi connectivity index (χ4n) is 2.55. The number of carbonyl (C=O) groups is 2. The Balaban J connectivity index is 1.50. The van der Waals surface area contributed by atoms with Gasteiger partial charge in [0.1, 0.15) is 17.2 Å². The van der Waals surface area contributed by atoms with E-state index in [4.69, 9.17) is 14.2 Å². The quantitative estimate of drug-likeness (QED) is 0.261. The predicted octanol–water partition coefficient (Wildman–Crippen LogP) is 3.75. The SMILES string of the molecule is COc1ccc(C(=O)Oc2cccc(C=NNC(=O)COc3ccc(C)cc3)c2)cc1. The zero-order valence-electron chi connectivity index (χ0n) is 17.2. The molecule has 0 saturated heterocycles. The Morgan fingerprint density at radius 3 is 2.35 bits per heavy atom. The number of aryl methyl sites for hydroxylation is 1. The molecule has 1 amide bonds. The number of nitrogens with one attached hydrogen (secondary N) is 1. The third-order valence-electron chi connectivity index (χ3n) is 4.19. The number of nitrogens with zero attached hydrogens (tertiary/aromatic N) is 1. The van der Waals surface area contributed by atoms with Crippen LogP contribution in [0, 0.1) is 6.92 Å². The number of rotatable bonds is 8. The van der Waals surface area contributed by atoms with Crippen LogP contribution in [0.1, 0.15) is 21.5 Å². The lowest BCUT2D eigenvalue weighted by atomic mass is 10.2. The van der Waals surface area contributed by atoms with Gasteiger partial charge in [-0.2, -0.15) is 5.10 Å². The van der Waals surface area contributed by atoms with Crippen molar-refractivity contribution in [3.63, 3.8) is 0 Å². The molecular formula is C24H22N2O5. The first-order valence-electron chi connectivity index (χ1n) is 9.51. The minimum Gasteiger partial charge on any atom is -0.497 e. The fourth-order valence-corrected chi connectivity index (χ4v) is 2.55. The average molecular weight is 418 g/mol.